The van der Waals surface area contributed by atoms with Crippen molar-refractivity contribution in [3.8, 4) is 0 Å². The van der Waals surface area contributed by atoms with Gasteiger partial charge in [0, 0.05) is 11.9 Å². The van der Waals surface area contributed by atoms with Crippen LogP contribution >= 0.6 is 0 Å². The number of pyridine rings is 1. The molecule has 19 heavy (non-hydrogen) atoms. The number of carbonyl (C=O) groups excluding carboxylic acids is 2. The van der Waals surface area contributed by atoms with Gasteiger partial charge in [0.15, 0.2) is 0 Å². The van der Waals surface area contributed by atoms with E-state index in [4.69, 9.17) is 0 Å². The molecular formula is C15H12N2O2. The number of hydrogen-bond acceptors (Lipinski definition) is 3. The zero-order chi connectivity index (χ0) is 13.4. The van der Waals surface area contributed by atoms with Gasteiger partial charge in [-0.25, -0.2) is 0 Å². The summed E-state index contributed by atoms with van der Waals surface area (Å²) in [5, 5.41) is 0. The molecule has 0 N–H and O–H groups in total. The Kier molecular flexibility index (Phi) is 2.63. The van der Waals surface area contributed by atoms with Gasteiger partial charge in [0.05, 0.1) is 17.7 Å². The molecule has 0 spiro atoms. The van der Waals surface area contributed by atoms with Gasteiger partial charge in [-0.1, -0.05) is 30.3 Å². The lowest BCUT2D eigenvalue weighted by molar-refractivity contribution is 0.0642. The lowest BCUT2D eigenvalue weighted by Gasteiger charge is -2.13. The number of fused-ring (bicyclic) bond motifs is 1. The summed E-state index contributed by atoms with van der Waals surface area (Å²) in [5.41, 5.74) is 2.52. The number of rotatable bonds is 2. The van der Waals surface area contributed by atoms with E-state index in [1.54, 1.807) is 13.0 Å². The number of carbonyl (C=O) groups is 2. The third-order valence-corrected chi connectivity index (χ3v) is 3.18. The van der Waals surface area contributed by atoms with Crippen molar-refractivity contribution >= 4 is 11.8 Å². The highest BCUT2D eigenvalue weighted by atomic mass is 16.2. The van der Waals surface area contributed by atoms with E-state index in [1.807, 2.05) is 30.3 Å². The highest BCUT2D eigenvalue weighted by Crippen LogP contribution is 2.24. The van der Waals surface area contributed by atoms with Crippen LogP contribution in [0.2, 0.25) is 0 Å². The number of imide groups is 1. The fourth-order valence-corrected chi connectivity index (χ4v) is 2.20. The second-order valence-corrected chi connectivity index (χ2v) is 4.55. The molecule has 0 fully saturated rings. The van der Waals surface area contributed by atoms with Gasteiger partial charge in [0.2, 0.25) is 0 Å². The third-order valence-electron chi connectivity index (χ3n) is 3.18. The molecule has 4 heteroatoms. The molecule has 1 aromatic carbocycles. The predicted molar refractivity (Wildman–Crippen MR) is 69.6 cm³/mol. The van der Waals surface area contributed by atoms with Gasteiger partial charge in [0.25, 0.3) is 11.8 Å². The molecular weight excluding hydrogens is 240 g/mol. The molecule has 94 valence electrons. The Morgan fingerprint density at radius 2 is 1.74 bits per heavy atom. The minimum atomic E-state index is -0.267. The van der Waals surface area contributed by atoms with Gasteiger partial charge in [-0.15, -0.1) is 0 Å². The summed E-state index contributed by atoms with van der Waals surface area (Å²) < 4.78 is 0. The Morgan fingerprint density at radius 1 is 1.05 bits per heavy atom. The second-order valence-electron chi connectivity index (χ2n) is 4.55. The van der Waals surface area contributed by atoms with Crippen molar-refractivity contribution in [1.82, 2.24) is 9.88 Å². The number of aryl methyl sites for hydroxylation is 1. The van der Waals surface area contributed by atoms with Crippen LogP contribution in [0.15, 0.2) is 42.6 Å². The summed E-state index contributed by atoms with van der Waals surface area (Å²) in [4.78, 5) is 29.8. The molecule has 0 bridgehead atoms. The molecule has 2 heterocycles. The Labute approximate surface area is 110 Å². The molecule has 2 aromatic rings. The van der Waals surface area contributed by atoms with Crippen LogP contribution in [0, 0.1) is 6.92 Å². The zero-order valence-corrected chi connectivity index (χ0v) is 10.5. The fraction of sp³-hybridized carbons (Fsp3) is 0.133. The average Bonchev–Trinajstić information content (AvgIpc) is 2.65. The van der Waals surface area contributed by atoms with Crippen LogP contribution in [0.4, 0.5) is 0 Å². The van der Waals surface area contributed by atoms with Crippen LogP contribution in [0.5, 0.6) is 0 Å². The van der Waals surface area contributed by atoms with Crippen LogP contribution in [0.3, 0.4) is 0 Å². The van der Waals surface area contributed by atoms with Crippen molar-refractivity contribution in [2.75, 3.05) is 0 Å². The number of hydrogen-bond donors (Lipinski definition) is 0. The van der Waals surface area contributed by atoms with Gasteiger partial charge in [-0.05, 0) is 18.6 Å². The average molecular weight is 252 g/mol. The van der Waals surface area contributed by atoms with Crippen LogP contribution in [-0.2, 0) is 6.54 Å². The first kappa shape index (κ1) is 11.6. The van der Waals surface area contributed by atoms with Crippen molar-refractivity contribution in [2.45, 2.75) is 13.5 Å². The topological polar surface area (TPSA) is 50.3 Å². The summed E-state index contributed by atoms with van der Waals surface area (Å²) in [6, 6.07) is 11.1. The summed E-state index contributed by atoms with van der Waals surface area (Å²) in [6.45, 7) is 2.10. The molecule has 0 radical (unpaired) electrons. The summed E-state index contributed by atoms with van der Waals surface area (Å²) >= 11 is 0. The Hall–Kier alpha value is -2.49. The maximum absolute atomic E-state index is 12.2. The van der Waals surface area contributed by atoms with Gasteiger partial charge in [0.1, 0.15) is 0 Å². The minimum absolute atomic E-state index is 0.241. The SMILES string of the molecule is Cc1cc2c(cn1)C(=O)N(Cc1ccccc1)C2=O. The van der Waals surface area contributed by atoms with E-state index >= 15 is 0 Å². The number of aromatic nitrogens is 1. The van der Waals surface area contributed by atoms with Crippen molar-refractivity contribution in [3.63, 3.8) is 0 Å². The van der Waals surface area contributed by atoms with E-state index in [0.29, 0.717) is 17.7 Å². The molecule has 1 aliphatic heterocycles. The van der Waals surface area contributed by atoms with E-state index in [1.165, 1.54) is 11.1 Å². The van der Waals surface area contributed by atoms with Crippen molar-refractivity contribution in [3.05, 3.63) is 65.0 Å². The molecule has 0 saturated carbocycles. The standard InChI is InChI=1S/C15H12N2O2/c1-10-7-12-13(8-16-10)15(19)17(14(12)18)9-11-5-3-2-4-6-11/h2-8H,9H2,1H3. The molecule has 1 aromatic heterocycles. The molecule has 0 unspecified atom stereocenters. The van der Waals surface area contributed by atoms with Crippen LogP contribution in [0.25, 0.3) is 0 Å². The Balaban J connectivity index is 1.95. The first-order valence-electron chi connectivity index (χ1n) is 6.03. The van der Waals surface area contributed by atoms with E-state index in [-0.39, 0.29) is 11.8 Å². The predicted octanol–water partition coefficient (Wildman–Crippen LogP) is 2.19. The Morgan fingerprint density at radius 3 is 2.47 bits per heavy atom. The minimum Gasteiger partial charge on any atom is -0.270 e. The normalized spacial score (nSPS) is 13.8. The molecule has 0 atom stereocenters. The van der Waals surface area contributed by atoms with Crippen molar-refractivity contribution < 1.29 is 9.59 Å². The van der Waals surface area contributed by atoms with Crippen molar-refractivity contribution in [2.24, 2.45) is 0 Å². The van der Waals surface area contributed by atoms with Gasteiger partial charge < -0.3 is 0 Å². The van der Waals surface area contributed by atoms with Gasteiger partial charge >= 0.3 is 0 Å². The van der Waals surface area contributed by atoms with Crippen LogP contribution in [-0.4, -0.2) is 21.7 Å². The summed E-state index contributed by atoms with van der Waals surface area (Å²) in [5.74, 6) is -0.509. The number of amides is 2. The highest BCUT2D eigenvalue weighted by molar-refractivity contribution is 6.21. The Bertz CT molecular complexity index is 665. The molecule has 0 aliphatic carbocycles. The lowest BCUT2D eigenvalue weighted by atomic mass is 10.1. The molecule has 4 nitrogen and oxygen atoms in total. The van der Waals surface area contributed by atoms with Crippen LogP contribution in [0.1, 0.15) is 32.0 Å². The maximum Gasteiger partial charge on any atom is 0.263 e. The number of nitrogens with zero attached hydrogens (tertiary/aromatic N) is 2. The van der Waals surface area contributed by atoms with E-state index in [0.717, 1.165) is 11.3 Å². The zero-order valence-electron chi connectivity index (χ0n) is 10.5. The molecule has 0 saturated heterocycles. The highest BCUT2D eigenvalue weighted by Gasteiger charge is 2.35. The van der Waals surface area contributed by atoms with E-state index in [2.05, 4.69) is 4.98 Å². The van der Waals surface area contributed by atoms with E-state index < -0.39 is 0 Å². The molecule has 3 rings (SSSR count). The number of benzene rings is 1. The molecule has 2 amide bonds. The van der Waals surface area contributed by atoms with Crippen LogP contribution < -0.4 is 0 Å². The summed E-state index contributed by atoms with van der Waals surface area (Å²) in [6.07, 6.45) is 1.48. The first-order chi connectivity index (χ1) is 9.16. The largest absolute Gasteiger partial charge is 0.270 e. The fourth-order valence-electron chi connectivity index (χ4n) is 2.20. The third kappa shape index (κ3) is 1.91. The maximum atomic E-state index is 12.2. The lowest BCUT2D eigenvalue weighted by Crippen LogP contribution is -2.29. The quantitative estimate of drug-likeness (QED) is 0.770. The van der Waals surface area contributed by atoms with Crippen molar-refractivity contribution in [1.29, 1.82) is 0 Å². The van der Waals surface area contributed by atoms with Gasteiger partial charge in [-0.2, -0.15) is 0 Å². The second kappa shape index (κ2) is 4.31. The van der Waals surface area contributed by atoms with E-state index in [9.17, 15) is 9.59 Å². The first-order valence-corrected chi connectivity index (χ1v) is 6.03. The summed E-state index contributed by atoms with van der Waals surface area (Å²) in [7, 11) is 0. The monoisotopic (exact) mass is 252 g/mol. The van der Waals surface area contributed by atoms with Gasteiger partial charge in [-0.3, -0.25) is 19.5 Å². The molecule has 1 aliphatic rings. The smallest absolute Gasteiger partial charge is 0.263 e.